The molecule has 1 atom stereocenters. The number of fused-ring (bicyclic) bond motifs is 2. The topological polar surface area (TPSA) is 94.1 Å². The molecule has 1 aromatic carbocycles. The van der Waals surface area contributed by atoms with Crippen molar-refractivity contribution in [2.75, 3.05) is 5.75 Å². The number of benzene rings is 1. The first-order chi connectivity index (χ1) is 16.0. The summed E-state index contributed by atoms with van der Waals surface area (Å²) in [7, 11) is -3.45. The largest absolute Gasteiger partial charge is 0.489 e. The molecule has 1 aliphatic carbocycles. The third-order valence-electron chi connectivity index (χ3n) is 6.42. The average Bonchev–Trinajstić information content (AvgIpc) is 3.54. The third-order valence-corrected chi connectivity index (χ3v) is 8.26. The standard InChI is InChI=1S/C25H27N3O4S/c1-2-11-33(30,31)28-10-9-17-7-8-18(12-24(17)28)23(16-29)22-15-27-25-21(22)13-20(14-26-25)32-19-5-3-4-6-19/h7-10,12-16,19,23H,2-6,11H2,1H3,(H,26,27). The van der Waals surface area contributed by atoms with Gasteiger partial charge in [0.2, 0.25) is 10.0 Å². The number of carbonyl (C=O) groups is 1. The molecule has 0 spiro atoms. The number of aromatic nitrogens is 3. The molecule has 7 nitrogen and oxygen atoms in total. The fourth-order valence-corrected chi connectivity index (χ4v) is 6.19. The lowest BCUT2D eigenvalue weighted by Crippen LogP contribution is -2.15. The number of aldehydes is 1. The minimum absolute atomic E-state index is 0.0655. The average molecular weight is 466 g/mol. The Balaban J connectivity index is 1.55. The number of hydrogen-bond donors (Lipinski definition) is 1. The van der Waals surface area contributed by atoms with Gasteiger partial charge in [-0.2, -0.15) is 0 Å². The number of carbonyl (C=O) groups excluding carboxylic acids is 1. The van der Waals surface area contributed by atoms with E-state index in [1.54, 1.807) is 30.7 Å². The first-order valence-electron chi connectivity index (χ1n) is 11.4. The third kappa shape index (κ3) is 4.04. The molecule has 5 rings (SSSR count). The van der Waals surface area contributed by atoms with Crippen LogP contribution in [-0.2, 0) is 14.8 Å². The number of aromatic amines is 1. The van der Waals surface area contributed by atoms with Gasteiger partial charge in [0.1, 0.15) is 17.7 Å². The molecular weight excluding hydrogens is 438 g/mol. The molecule has 3 aromatic heterocycles. The first kappa shape index (κ1) is 21.7. The SMILES string of the molecule is CCCS(=O)(=O)n1ccc2ccc(C(C=O)c3c[nH]c4ncc(OC5CCCC5)cc34)cc21. The maximum Gasteiger partial charge on any atom is 0.238 e. The van der Waals surface area contributed by atoms with E-state index in [0.717, 1.165) is 41.0 Å². The second-order valence-electron chi connectivity index (χ2n) is 8.70. The summed E-state index contributed by atoms with van der Waals surface area (Å²) in [6, 6.07) is 9.26. The quantitative estimate of drug-likeness (QED) is 0.379. The van der Waals surface area contributed by atoms with Crippen LogP contribution in [0.15, 0.2) is 48.9 Å². The van der Waals surface area contributed by atoms with E-state index in [1.165, 1.54) is 16.8 Å². The van der Waals surface area contributed by atoms with Crippen LogP contribution in [0.25, 0.3) is 21.9 Å². The number of hydrogen-bond acceptors (Lipinski definition) is 5. The van der Waals surface area contributed by atoms with Gasteiger partial charge in [0.25, 0.3) is 0 Å². The number of pyridine rings is 1. The molecule has 4 aromatic rings. The van der Waals surface area contributed by atoms with E-state index < -0.39 is 15.9 Å². The molecule has 172 valence electrons. The Morgan fingerprint density at radius 1 is 1.24 bits per heavy atom. The van der Waals surface area contributed by atoms with Gasteiger partial charge in [-0.15, -0.1) is 0 Å². The normalized spacial score (nSPS) is 15.9. The Morgan fingerprint density at radius 3 is 2.82 bits per heavy atom. The van der Waals surface area contributed by atoms with Gasteiger partial charge >= 0.3 is 0 Å². The van der Waals surface area contributed by atoms with Crippen LogP contribution in [0.3, 0.4) is 0 Å². The number of H-pyrrole nitrogens is 1. The van der Waals surface area contributed by atoms with Crippen LogP contribution < -0.4 is 4.74 Å². The van der Waals surface area contributed by atoms with Crippen molar-refractivity contribution < 1.29 is 17.9 Å². The lowest BCUT2D eigenvalue weighted by atomic mass is 9.92. The highest BCUT2D eigenvalue weighted by molar-refractivity contribution is 7.90. The number of nitrogens with zero attached hydrogens (tertiary/aromatic N) is 2. The second-order valence-corrected chi connectivity index (χ2v) is 10.7. The maximum atomic E-state index is 12.7. The molecule has 1 N–H and O–H groups in total. The van der Waals surface area contributed by atoms with Gasteiger partial charge in [-0.25, -0.2) is 17.4 Å². The Kier molecular flexibility index (Phi) is 5.70. The van der Waals surface area contributed by atoms with Crippen LogP contribution in [0.5, 0.6) is 5.75 Å². The molecule has 0 saturated heterocycles. The van der Waals surface area contributed by atoms with Crippen molar-refractivity contribution in [1.29, 1.82) is 0 Å². The summed E-state index contributed by atoms with van der Waals surface area (Å²) >= 11 is 0. The van der Waals surface area contributed by atoms with Crippen molar-refractivity contribution in [3.63, 3.8) is 0 Å². The number of nitrogens with one attached hydrogen (secondary N) is 1. The molecule has 1 saturated carbocycles. The highest BCUT2D eigenvalue weighted by Gasteiger charge is 2.22. The summed E-state index contributed by atoms with van der Waals surface area (Å²) in [6.07, 6.45) is 11.2. The van der Waals surface area contributed by atoms with E-state index in [2.05, 4.69) is 9.97 Å². The summed E-state index contributed by atoms with van der Waals surface area (Å²) in [5.41, 5.74) is 2.78. The summed E-state index contributed by atoms with van der Waals surface area (Å²) in [5, 5.41) is 1.65. The zero-order valence-electron chi connectivity index (χ0n) is 18.5. The molecule has 0 amide bonds. The summed E-state index contributed by atoms with van der Waals surface area (Å²) in [6.45, 7) is 1.84. The van der Waals surface area contributed by atoms with Crippen LogP contribution in [-0.4, -0.2) is 40.5 Å². The zero-order valence-corrected chi connectivity index (χ0v) is 19.3. The van der Waals surface area contributed by atoms with Crippen LogP contribution in [0.2, 0.25) is 0 Å². The van der Waals surface area contributed by atoms with Gasteiger partial charge in [0.15, 0.2) is 0 Å². The summed E-state index contributed by atoms with van der Waals surface area (Å²) < 4.78 is 32.9. The summed E-state index contributed by atoms with van der Waals surface area (Å²) in [4.78, 5) is 19.9. The highest BCUT2D eigenvalue weighted by Crippen LogP contribution is 2.33. The van der Waals surface area contributed by atoms with Gasteiger partial charge in [-0.3, -0.25) is 0 Å². The van der Waals surface area contributed by atoms with Crippen molar-refractivity contribution >= 4 is 38.2 Å². The molecule has 1 fully saturated rings. The molecular formula is C25H27N3O4S. The molecule has 8 heteroatoms. The minimum Gasteiger partial charge on any atom is -0.489 e. The minimum atomic E-state index is -3.45. The Labute approximate surface area is 192 Å². The molecule has 33 heavy (non-hydrogen) atoms. The van der Waals surface area contributed by atoms with Crippen LogP contribution >= 0.6 is 0 Å². The maximum absolute atomic E-state index is 12.7. The Bertz CT molecular complexity index is 1410. The van der Waals surface area contributed by atoms with Crippen LogP contribution in [0, 0.1) is 0 Å². The fourth-order valence-electron chi connectivity index (χ4n) is 4.77. The first-order valence-corrected chi connectivity index (χ1v) is 13.0. The summed E-state index contributed by atoms with van der Waals surface area (Å²) in [5.74, 6) is 0.203. The van der Waals surface area contributed by atoms with Gasteiger partial charge in [-0.1, -0.05) is 19.1 Å². The van der Waals surface area contributed by atoms with Crippen molar-refractivity contribution in [2.45, 2.75) is 51.0 Å². The van der Waals surface area contributed by atoms with Crippen molar-refractivity contribution in [2.24, 2.45) is 0 Å². The Morgan fingerprint density at radius 2 is 2.06 bits per heavy atom. The molecule has 3 heterocycles. The highest BCUT2D eigenvalue weighted by atomic mass is 32.2. The number of ether oxygens (including phenoxy) is 1. The Hall–Kier alpha value is -3.13. The second kappa shape index (κ2) is 8.67. The van der Waals surface area contributed by atoms with Gasteiger partial charge in [0.05, 0.1) is 29.5 Å². The van der Waals surface area contributed by atoms with Gasteiger partial charge in [0, 0.05) is 23.2 Å². The monoisotopic (exact) mass is 465 g/mol. The van der Waals surface area contributed by atoms with E-state index in [9.17, 15) is 13.2 Å². The van der Waals surface area contributed by atoms with E-state index in [1.807, 2.05) is 25.1 Å². The zero-order chi connectivity index (χ0) is 23.0. The molecule has 0 bridgehead atoms. The van der Waals surface area contributed by atoms with E-state index in [4.69, 9.17) is 4.74 Å². The predicted octanol–water partition coefficient (Wildman–Crippen LogP) is 4.76. The van der Waals surface area contributed by atoms with E-state index >= 15 is 0 Å². The lowest BCUT2D eigenvalue weighted by Gasteiger charge is -2.14. The van der Waals surface area contributed by atoms with Gasteiger partial charge < -0.3 is 14.5 Å². The van der Waals surface area contributed by atoms with E-state index in [-0.39, 0.29) is 11.9 Å². The molecule has 1 aliphatic rings. The van der Waals surface area contributed by atoms with Gasteiger partial charge in [-0.05, 0) is 61.4 Å². The van der Waals surface area contributed by atoms with E-state index in [0.29, 0.717) is 23.3 Å². The van der Waals surface area contributed by atoms with Crippen LogP contribution in [0.4, 0.5) is 0 Å². The predicted molar refractivity (Wildman–Crippen MR) is 128 cm³/mol. The smallest absolute Gasteiger partial charge is 0.238 e. The van der Waals surface area contributed by atoms with Crippen LogP contribution in [0.1, 0.15) is 56.1 Å². The molecule has 1 unspecified atom stereocenters. The van der Waals surface area contributed by atoms with Crippen molar-refractivity contribution in [3.05, 3.63) is 60.0 Å². The van der Waals surface area contributed by atoms with Crippen molar-refractivity contribution in [3.8, 4) is 5.75 Å². The number of rotatable bonds is 8. The molecule has 0 radical (unpaired) electrons. The fraction of sp³-hybridized carbons (Fsp3) is 0.360. The van der Waals surface area contributed by atoms with Crippen molar-refractivity contribution in [1.82, 2.24) is 13.9 Å². The molecule has 0 aliphatic heterocycles. The lowest BCUT2D eigenvalue weighted by molar-refractivity contribution is -0.108.